The Morgan fingerprint density at radius 2 is 1.38 bits per heavy atom. The lowest BCUT2D eigenvalue weighted by atomic mass is 9.90. The van der Waals surface area contributed by atoms with Crippen molar-refractivity contribution >= 4 is 29.6 Å². The summed E-state index contributed by atoms with van der Waals surface area (Å²) in [5, 5.41) is 20.4. The topological polar surface area (TPSA) is 201 Å². The van der Waals surface area contributed by atoms with Crippen LogP contribution in [-0.4, -0.2) is 60.4 Å². The standard InChI is InChI=1S/C33H41N7O5/c34-19-21-36-28(42)17-18-29(43)40-33(35)37-20-7-12-27(31(44)38-22-23-13-15-26(41)16-14-23)39-32(45)30(24-8-3-1-4-9-24)25-10-5-2-6-11-25/h1-6,8-11,13-16,27,30,41H,7,12,17-22,34H2,(H,36,42)(H,38,44)(H,39,45)(H3,35,37,40,43)/t27-/m1/s1. The lowest BCUT2D eigenvalue weighted by molar-refractivity contribution is -0.129. The van der Waals surface area contributed by atoms with E-state index in [0.717, 1.165) is 16.7 Å². The molecule has 0 saturated carbocycles. The number of hydrogen-bond acceptors (Lipinski definition) is 7. The molecule has 0 aromatic heterocycles. The van der Waals surface area contributed by atoms with Gasteiger partial charge in [0.1, 0.15) is 11.8 Å². The fourth-order valence-corrected chi connectivity index (χ4v) is 4.50. The first-order valence-electron chi connectivity index (χ1n) is 14.8. The van der Waals surface area contributed by atoms with Crippen LogP contribution in [0.25, 0.3) is 0 Å². The van der Waals surface area contributed by atoms with E-state index in [1.165, 1.54) is 12.1 Å². The summed E-state index contributed by atoms with van der Waals surface area (Å²) in [4.78, 5) is 55.0. The van der Waals surface area contributed by atoms with E-state index in [4.69, 9.17) is 11.5 Å². The fraction of sp³-hybridized carbons (Fsp3) is 0.303. The zero-order valence-corrected chi connectivity index (χ0v) is 25.1. The number of rotatable bonds is 16. The molecule has 12 nitrogen and oxygen atoms in total. The number of carbonyl (C=O) groups excluding carboxylic acids is 4. The Morgan fingerprint density at radius 3 is 1.98 bits per heavy atom. The number of nitrogens with one attached hydrogen (secondary N) is 4. The molecular formula is C33H41N7O5. The number of guanidine groups is 1. The maximum Gasteiger partial charge on any atom is 0.242 e. The maximum absolute atomic E-state index is 13.8. The minimum Gasteiger partial charge on any atom is -0.508 e. The van der Waals surface area contributed by atoms with Crippen LogP contribution in [0.4, 0.5) is 0 Å². The first-order chi connectivity index (χ1) is 21.8. The molecule has 1 atom stereocenters. The lowest BCUT2D eigenvalue weighted by Crippen LogP contribution is -2.48. The van der Waals surface area contributed by atoms with Gasteiger partial charge in [0.05, 0.1) is 5.92 Å². The van der Waals surface area contributed by atoms with Gasteiger partial charge in [-0.3, -0.25) is 29.5 Å². The number of benzene rings is 3. The van der Waals surface area contributed by atoms with E-state index in [9.17, 15) is 24.3 Å². The molecular weight excluding hydrogens is 574 g/mol. The number of carbonyl (C=O) groups is 4. The minimum absolute atomic E-state index is 0.00724. The van der Waals surface area contributed by atoms with E-state index in [1.54, 1.807) is 12.1 Å². The molecule has 0 aliphatic carbocycles. The van der Waals surface area contributed by atoms with Crippen LogP contribution in [0, 0.1) is 0 Å². The molecule has 3 aromatic carbocycles. The van der Waals surface area contributed by atoms with Gasteiger partial charge in [-0.2, -0.15) is 0 Å². The summed E-state index contributed by atoms with van der Waals surface area (Å²) in [6.45, 7) is 1.03. The number of nitrogens with two attached hydrogens (primary N) is 2. The van der Waals surface area contributed by atoms with Crippen molar-refractivity contribution < 1.29 is 24.3 Å². The maximum atomic E-state index is 13.8. The Balaban J connectivity index is 1.65. The summed E-state index contributed by atoms with van der Waals surface area (Å²) in [7, 11) is 0. The highest BCUT2D eigenvalue weighted by atomic mass is 16.3. The monoisotopic (exact) mass is 615 g/mol. The average molecular weight is 616 g/mol. The van der Waals surface area contributed by atoms with E-state index < -0.39 is 17.9 Å². The van der Waals surface area contributed by atoms with Crippen molar-refractivity contribution in [3.05, 3.63) is 102 Å². The van der Waals surface area contributed by atoms with Crippen LogP contribution in [0.5, 0.6) is 5.75 Å². The van der Waals surface area contributed by atoms with Gasteiger partial charge in [0.25, 0.3) is 0 Å². The highest BCUT2D eigenvalue weighted by Gasteiger charge is 2.27. The summed E-state index contributed by atoms with van der Waals surface area (Å²) < 4.78 is 0. The second-order valence-corrected chi connectivity index (χ2v) is 10.3. The number of nitrogens with zero attached hydrogens (tertiary/aromatic N) is 1. The van der Waals surface area contributed by atoms with Crippen LogP contribution < -0.4 is 32.7 Å². The van der Waals surface area contributed by atoms with Gasteiger partial charge in [0, 0.05) is 39.0 Å². The zero-order valence-electron chi connectivity index (χ0n) is 25.1. The molecule has 0 heterocycles. The Bertz CT molecular complexity index is 1380. The molecule has 0 radical (unpaired) electrons. The van der Waals surface area contributed by atoms with Crippen LogP contribution in [0.3, 0.4) is 0 Å². The Morgan fingerprint density at radius 1 is 0.778 bits per heavy atom. The third-order valence-corrected chi connectivity index (χ3v) is 6.81. The van der Waals surface area contributed by atoms with Crippen molar-refractivity contribution in [2.24, 2.45) is 16.5 Å². The van der Waals surface area contributed by atoms with Gasteiger partial charge in [-0.05, 0) is 41.7 Å². The number of amides is 4. The van der Waals surface area contributed by atoms with Crippen LogP contribution in [0.15, 0.2) is 89.9 Å². The van der Waals surface area contributed by atoms with Crippen molar-refractivity contribution in [1.82, 2.24) is 21.3 Å². The molecule has 0 spiro atoms. The van der Waals surface area contributed by atoms with Gasteiger partial charge in [0.15, 0.2) is 5.96 Å². The molecule has 0 bridgehead atoms. The van der Waals surface area contributed by atoms with Crippen molar-refractivity contribution in [3.63, 3.8) is 0 Å². The summed E-state index contributed by atoms with van der Waals surface area (Å²) in [5.41, 5.74) is 13.5. The molecule has 0 saturated heterocycles. The average Bonchev–Trinajstić information content (AvgIpc) is 3.05. The summed E-state index contributed by atoms with van der Waals surface area (Å²) in [6, 6.07) is 24.2. The highest BCUT2D eigenvalue weighted by molar-refractivity contribution is 5.97. The number of hydrogen-bond donors (Lipinski definition) is 7. The Labute approximate surface area is 262 Å². The first-order valence-corrected chi connectivity index (χ1v) is 14.8. The molecule has 9 N–H and O–H groups in total. The minimum atomic E-state index is -0.886. The normalized spacial score (nSPS) is 11.8. The van der Waals surface area contributed by atoms with Crippen molar-refractivity contribution in [2.75, 3.05) is 19.6 Å². The second kappa shape index (κ2) is 18.4. The lowest BCUT2D eigenvalue weighted by Gasteiger charge is -2.23. The first kappa shape index (κ1) is 34.3. The number of phenols is 1. The molecule has 0 aliphatic heterocycles. The molecule has 0 aliphatic rings. The molecule has 3 aromatic rings. The zero-order chi connectivity index (χ0) is 32.4. The summed E-state index contributed by atoms with van der Waals surface area (Å²) in [5.74, 6) is -2.08. The van der Waals surface area contributed by atoms with Crippen LogP contribution in [0.1, 0.15) is 48.3 Å². The molecule has 0 unspecified atom stereocenters. The van der Waals surface area contributed by atoms with Gasteiger partial charge < -0.3 is 32.5 Å². The predicted molar refractivity (Wildman–Crippen MR) is 172 cm³/mol. The fourth-order valence-electron chi connectivity index (χ4n) is 4.50. The molecule has 0 fully saturated rings. The van der Waals surface area contributed by atoms with E-state index in [1.807, 2.05) is 60.7 Å². The largest absolute Gasteiger partial charge is 0.508 e. The summed E-state index contributed by atoms with van der Waals surface area (Å²) in [6.07, 6.45) is 0.547. The quantitative estimate of drug-likeness (QED) is 0.0717. The van der Waals surface area contributed by atoms with Gasteiger partial charge in [-0.25, -0.2) is 0 Å². The predicted octanol–water partition coefficient (Wildman–Crippen LogP) is 1.39. The Kier molecular flexibility index (Phi) is 14.0. The van der Waals surface area contributed by atoms with Crippen molar-refractivity contribution in [3.8, 4) is 5.75 Å². The molecule has 45 heavy (non-hydrogen) atoms. The van der Waals surface area contributed by atoms with Gasteiger partial charge >= 0.3 is 0 Å². The number of phenolic OH excluding ortho intramolecular Hbond substituents is 1. The molecule has 238 valence electrons. The van der Waals surface area contributed by atoms with Crippen molar-refractivity contribution in [1.29, 1.82) is 0 Å². The molecule has 12 heteroatoms. The number of aromatic hydroxyl groups is 1. The second-order valence-electron chi connectivity index (χ2n) is 10.3. The number of aliphatic imine (C=N–C) groups is 1. The highest BCUT2D eigenvalue weighted by Crippen LogP contribution is 2.25. The third-order valence-electron chi connectivity index (χ3n) is 6.81. The smallest absolute Gasteiger partial charge is 0.242 e. The van der Waals surface area contributed by atoms with Gasteiger partial charge in [0.2, 0.25) is 23.6 Å². The van der Waals surface area contributed by atoms with E-state index in [0.29, 0.717) is 19.5 Å². The third kappa shape index (κ3) is 12.1. The van der Waals surface area contributed by atoms with E-state index >= 15 is 0 Å². The molecule has 4 amide bonds. The van der Waals surface area contributed by atoms with E-state index in [2.05, 4.69) is 26.3 Å². The van der Waals surface area contributed by atoms with Gasteiger partial charge in [-0.15, -0.1) is 0 Å². The van der Waals surface area contributed by atoms with Gasteiger partial charge in [-0.1, -0.05) is 72.8 Å². The molecule has 3 rings (SSSR count). The Hall–Kier alpha value is -5.23. The van der Waals surface area contributed by atoms with Crippen LogP contribution >= 0.6 is 0 Å². The van der Waals surface area contributed by atoms with Crippen molar-refractivity contribution in [2.45, 2.75) is 44.2 Å². The van der Waals surface area contributed by atoms with E-state index in [-0.39, 0.29) is 61.8 Å². The van der Waals surface area contributed by atoms with Crippen LogP contribution in [-0.2, 0) is 25.7 Å². The van der Waals surface area contributed by atoms with Crippen LogP contribution in [0.2, 0.25) is 0 Å². The summed E-state index contributed by atoms with van der Waals surface area (Å²) >= 11 is 0. The SMILES string of the molecule is NCCNC(=O)CCC(=O)NC(N)=NCCC[C@@H](NC(=O)C(c1ccccc1)c1ccccc1)C(=O)NCc1ccc(O)cc1.